The summed E-state index contributed by atoms with van der Waals surface area (Å²) in [6.45, 7) is 6.18. The van der Waals surface area contributed by atoms with Crippen molar-refractivity contribution in [2.45, 2.75) is 11.1 Å². The van der Waals surface area contributed by atoms with Gasteiger partial charge in [0.1, 0.15) is 4.21 Å². The lowest BCUT2D eigenvalue weighted by Gasteiger charge is -2.17. The van der Waals surface area contributed by atoms with Crippen LogP contribution in [0, 0.1) is 0 Å². The van der Waals surface area contributed by atoms with E-state index in [2.05, 4.69) is 6.58 Å². The van der Waals surface area contributed by atoms with Crippen molar-refractivity contribution >= 4 is 21.4 Å². The smallest absolute Gasteiger partial charge is 0.206 e. The molecule has 3 nitrogen and oxygen atoms in total. The number of nitrogens with zero attached hydrogens (tertiary/aromatic N) is 1. The van der Waals surface area contributed by atoms with E-state index < -0.39 is 10.0 Å². The summed E-state index contributed by atoms with van der Waals surface area (Å²) in [5.74, 6) is 0. The summed E-state index contributed by atoms with van der Waals surface area (Å²) in [6, 6.07) is 3.35. The van der Waals surface area contributed by atoms with Crippen molar-refractivity contribution in [3.05, 3.63) is 30.2 Å². The fourth-order valence-electron chi connectivity index (χ4n) is 1.08. The molecule has 0 amide bonds. The monoisotopic (exact) mass is 231 g/mol. The molecule has 1 heterocycles. The Bertz CT molecular complexity index is 381. The standard InChI is InChI=1S/C9H13NO2S2/c1-3-7-10(4-2)14(11,12)9-6-5-8-13-9/h3,5-6,8H,1,4,7H2,2H3. The van der Waals surface area contributed by atoms with Gasteiger partial charge in [-0.15, -0.1) is 17.9 Å². The highest BCUT2D eigenvalue weighted by Crippen LogP contribution is 2.20. The van der Waals surface area contributed by atoms with Gasteiger partial charge in [-0.1, -0.05) is 19.1 Å². The molecule has 0 unspecified atom stereocenters. The van der Waals surface area contributed by atoms with Crippen molar-refractivity contribution in [2.75, 3.05) is 13.1 Å². The zero-order chi connectivity index (χ0) is 10.6. The lowest BCUT2D eigenvalue weighted by molar-refractivity contribution is 0.461. The van der Waals surface area contributed by atoms with Crippen molar-refractivity contribution in [2.24, 2.45) is 0 Å². The molecule has 0 spiro atoms. The van der Waals surface area contributed by atoms with Crippen LogP contribution in [-0.2, 0) is 10.0 Å². The highest BCUT2D eigenvalue weighted by atomic mass is 32.2. The molecule has 0 saturated carbocycles. The van der Waals surface area contributed by atoms with E-state index in [-0.39, 0.29) is 0 Å². The summed E-state index contributed by atoms with van der Waals surface area (Å²) in [7, 11) is -3.29. The average Bonchev–Trinajstić information content (AvgIpc) is 2.66. The largest absolute Gasteiger partial charge is 0.252 e. The first-order valence-electron chi connectivity index (χ1n) is 4.27. The van der Waals surface area contributed by atoms with E-state index >= 15 is 0 Å². The summed E-state index contributed by atoms with van der Waals surface area (Å²) < 4.78 is 25.6. The molecule has 0 fully saturated rings. The van der Waals surface area contributed by atoms with Gasteiger partial charge in [-0.2, -0.15) is 4.31 Å². The molecule has 0 radical (unpaired) electrons. The fraction of sp³-hybridized carbons (Fsp3) is 0.333. The van der Waals surface area contributed by atoms with Crippen LogP contribution in [0.1, 0.15) is 6.92 Å². The van der Waals surface area contributed by atoms with Gasteiger partial charge in [-0.05, 0) is 11.4 Å². The van der Waals surface area contributed by atoms with Gasteiger partial charge < -0.3 is 0 Å². The normalized spacial score (nSPS) is 11.9. The molecule has 0 atom stereocenters. The number of thiophene rings is 1. The molecule has 0 aromatic carbocycles. The lowest BCUT2D eigenvalue weighted by atomic mass is 10.6. The van der Waals surface area contributed by atoms with Crippen molar-refractivity contribution < 1.29 is 8.42 Å². The summed E-state index contributed by atoms with van der Waals surface area (Å²) in [5.41, 5.74) is 0. The van der Waals surface area contributed by atoms with Crippen LogP contribution in [0.25, 0.3) is 0 Å². The van der Waals surface area contributed by atoms with E-state index in [4.69, 9.17) is 0 Å². The molecule has 0 N–H and O–H groups in total. The Morgan fingerprint density at radius 1 is 1.64 bits per heavy atom. The van der Waals surface area contributed by atoms with E-state index in [0.29, 0.717) is 17.3 Å². The SMILES string of the molecule is C=CCN(CC)S(=O)(=O)c1cccs1. The minimum Gasteiger partial charge on any atom is -0.206 e. The van der Waals surface area contributed by atoms with Gasteiger partial charge in [-0.25, -0.2) is 8.42 Å². The second kappa shape index (κ2) is 4.72. The second-order valence-corrected chi connectivity index (χ2v) is 5.79. The van der Waals surface area contributed by atoms with Crippen LogP contribution in [0.15, 0.2) is 34.4 Å². The second-order valence-electron chi connectivity index (χ2n) is 2.68. The van der Waals surface area contributed by atoms with E-state index in [1.165, 1.54) is 15.6 Å². The third-order valence-electron chi connectivity index (χ3n) is 1.77. The number of sulfonamides is 1. The third-order valence-corrected chi connectivity index (χ3v) is 5.09. The zero-order valence-electron chi connectivity index (χ0n) is 8.01. The minimum atomic E-state index is -3.29. The fourth-order valence-corrected chi connectivity index (χ4v) is 3.64. The molecule has 1 aromatic rings. The summed E-state index contributed by atoms with van der Waals surface area (Å²) in [6.07, 6.45) is 1.59. The lowest BCUT2D eigenvalue weighted by Crippen LogP contribution is -2.30. The van der Waals surface area contributed by atoms with Crippen LogP contribution in [0.2, 0.25) is 0 Å². The number of hydrogen-bond donors (Lipinski definition) is 0. The molecule has 0 aliphatic carbocycles. The third kappa shape index (κ3) is 2.23. The van der Waals surface area contributed by atoms with Crippen LogP contribution >= 0.6 is 11.3 Å². The summed E-state index contributed by atoms with van der Waals surface area (Å²) in [5, 5.41) is 1.76. The molecule has 14 heavy (non-hydrogen) atoms. The maximum atomic E-state index is 11.9. The molecule has 1 aromatic heterocycles. The van der Waals surface area contributed by atoms with Crippen LogP contribution in [0.5, 0.6) is 0 Å². The quantitative estimate of drug-likeness (QED) is 0.726. The van der Waals surface area contributed by atoms with Gasteiger partial charge in [-0.3, -0.25) is 0 Å². The average molecular weight is 231 g/mol. The molecule has 0 bridgehead atoms. The molecule has 78 valence electrons. The van der Waals surface area contributed by atoms with E-state index in [1.807, 2.05) is 6.92 Å². The molecule has 0 saturated heterocycles. The highest BCUT2D eigenvalue weighted by molar-refractivity contribution is 7.91. The number of hydrogen-bond acceptors (Lipinski definition) is 3. The first-order chi connectivity index (χ1) is 6.62. The van der Waals surface area contributed by atoms with Crippen molar-refractivity contribution in [3.63, 3.8) is 0 Å². The van der Waals surface area contributed by atoms with Crippen LogP contribution in [-0.4, -0.2) is 25.8 Å². The van der Waals surface area contributed by atoms with E-state index in [9.17, 15) is 8.42 Å². The van der Waals surface area contributed by atoms with E-state index in [0.717, 1.165) is 0 Å². The Kier molecular flexibility index (Phi) is 3.86. The maximum absolute atomic E-state index is 11.9. The summed E-state index contributed by atoms with van der Waals surface area (Å²) >= 11 is 1.24. The van der Waals surface area contributed by atoms with Crippen LogP contribution in [0.4, 0.5) is 0 Å². The van der Waals surface area contributed by atoms with E-state index in [1.54, 1.807) is 23.6 Å². The topological polar surface area (TPSA) is 37.4 Å². The number of rotatable bonds is 5. The van der Waals surface area contributed by atoms with Gasteiger partial charge >= 0.3 is 0 Å². The van der Waals surface area contributed by atoms with Gasteiger partial charge in [0.25, 0.3) is 10.0 Å². The Labute approximate surface area is 88.7 Å². The van der Waals surface area contributed by atoms with Gasteiger partial charge in [0.15, 0.2) is 0 Å². The molecular formula is C9H13NO2S2. The maximum Gasteiger partial charge on any atom is 0.252 e. The predicted octanol–water partition coefficient (Wildman–Crippen LogP) is 1.94. The minimum absolute atomic E-state index is 0.358. The Balaban J connectivity index is 2.99. The van der Waals surface area contributed by atoms with Crippen molar-refractivity contribution in [3.8, 4) is 0 Å². The molecule has 5 heteroatoms. The van der Waals surface area contributed by atoms with Crippen LogP contribution in [0.3, 0.4) is 0 Å². The Hall–Kier alpha value is -0.650. The first kappa shape index (κ1) is 11.4. The van der Waals surface area contributed by atoms with Crippen molar-refractivity contribution in [1.82, 2.24) is 4.31 Å². The Morgan fingerprint density at radius 2 is 2.36 bits per heavy atom. The molecular weight excluding hydrogens is 218 g/mol. The summed E-state index contributed by atoms with van der Waals surface area (Å²) in [4.78, 5) is 0. The Morgan fingerprint density at radius 3 is 2.79 bits per heavy atom. The molecule has 1 rings (SSSR count). The zero-order valence-corrected chi connectivity index (χ0v) is 9.64. The molecule has 0 aliphatic heterocycles. The first-order valence-corrected chi connectivity index (χ1v) is 6.59. The van der Waals surface area contributed by atoms with Gasteiger partial charge in [0, 0.05) is 13.1 Å². The van der Waals surface area contributed by atoms with Gasteiger partial charge in [0.05, 0.1) is 0 Å². The molecule has 0 aliphatic rings. The van der Waals surface area contributed by atoms with Gasteiger partial charge in [0.2, 0.25) is 0 Å². The van der Waals surface area contributed by atoms with Crippen LogP contribution < -0.4 is 0 Å². The number of likely N-dealkylation sites (N-methyl/N-ethyl adjacent to an activating group) is 1. The highest BCUT2D eigenvalue weighted by Gasteiger charge is 2.22. The van der Waals surface area contributed by atoms with Crippen molar-refractivity contribution in [1.29, 1.82) is 0 Å². The predicted molar refractivity (Wildman–Crippen MR) is 58.9 cm³/mol.